The van der Waals surface area contributed by atoms with Crippen LogP contribution in [0.15, 0.2) is 41.8 Å². The zero-order chi connectivity index (χ0) is 24.0. The van der Waals surface area contributed by atoms with Crippen LogP contribution in [-0.4, -0.2) is 30.6 Å². The quantitative estimate of drug-likeness (QED) is 0.398. The second-order valence-corrected chi connectivity index (χ2v) is 8.49. The van der Waals surface area contributed by atoms with Gasteiger partial charge in [-0.05, 0) is 56.2 Å². The summed E-state index contributed by atoms with van der Waals surface area (Å²) in [7, 11) is 1.60. The smallest absolute Gasteiger partial charge is 0.309 e. The highest BCUT2D eigenvalue weighted by Crippen LogP contribution is 2.34. The van der Waals surface area contributed by atoms with E-state index in [1.807, 2.05) is 32.9 Å². The first-order chi connectivity index (χ1) is 15.8. The van der Waals surface area contributed by atoms with E-state index in [4.69, 9.17) is 14.2 Å². The molecule has 0 aliphatic rings. The Labute approximate surface area is 197 Å². The number of nitrogens with zero attached hydrogens (tertiary/aromatic N) is 2. The Morgan fingerprint density at radius 3 is 2.27 bits per heavy atom. The Kier molecular flexibility index (Phi) is 8.06. The molecule has 0 aliphatic heterocycles. The lowest BCUT2D eigenvalue weighted by Gasteiger charge is -2.23. The van der Waals surface area contributed by atoms with Gasteiger partial charge in [0, 0.05) is 12.3 Å². The molecular weight excluding hydrogens is 440 g/mol. The van der Waals surface area contributed by atoms with Gasteiger partial charge in [0.05, 0.1) is 31.5 Å². The Morgan fingerprint density at radius 1 is 1.03 bits per heavy atom. The van der Waals surface area contributed by atoms with Gasteiger partial charge in [0.2, 0.25) is 5.91 Å². The Bertz CT molecular complexity index is 1100. The van der Waals surface area contributed by atoms with Crippen LogP contribution < -0.4 is 14.4 Å². The zero-order valence-electron chi connectivity index (χ0n) is 19.5. The first kappa shape index (κ1) is 24.3. The van der Waals surface area contributed by atoms with Gasteiger partial charge in [-0.15, -0.1) is 11.3 Å². The maximum absolute atomic E-state index is 12.5. The molecule has 7 nitrogen and oxygen atoms in total. The van der Waals surface area contributed by atoms with E-state index >= 15 is 0 Å². The molecule has 0 saturated carbocycles. The molecule has 3 rings (SSSR count). The van der Waals surface area contributed by atoms with Crippen LogP contribution in [0.4, 0.5) is 10.8 Å². The summed E-state index contributed by atoms with van der Waals surface area (Å²) in [6.07, 6.45) is 0.115. The number of thiazole rings is 1. The van der Waals surface area contributed by atoms with E-state index in [-0.39, 0.29) is 31.5 Å². The molecule has 1 heterocycles. The van der Waals surface area contributed by atoms with Crippen molar-refractivity contribution in [3.8, 4) is 11.5 Å². The largest absolute Gasteiger partial charge is 0.497 e. The number of anilines is 2. The first-order valence-electron chi connectivity index (χ1n) is 10.5. The van der Waals surface area contributed by atoms with Crippen LogP contribution in [0.1, 0.15) is 35.7 Å². The third kappa shape index (κ3) is 6.32. The first-order valence-corrected chi connectivity index (χ1v) is 11.4. The van der Waals surface area contributed by atoms with Crippen LogP contribution in [0.3, 0.4) is 0 Å². The lowest BCUT2D eigenvalue weighted by atomic mass is 10.0. The monoisotopic (exact) mass is 468 g/mol. The van der Waals surface area contributed by atoms with Gasteiger partial charge in [0.25, 0.3) is 0 Å². The summed E-state index contributed by atoms with van der Waals surface area (Å²) < 4.78 is 16.0. The van der Waals surface area contributed by atoms with Gasteiger partial charge in [0.15, 0.2) is 5.13 Å². The number of carbonyl (C=O) groups is 2. The van der Waals surface area contributed by atoms with Gasteiger partial charge in [-0.3, -0.25) is 14.5 Å². The Balaban J connectivity index is 1.57. The van der Waals surface area contributed by atoms with Crippen molar-refractivity contribution < 1.29 is 23.8 Å². The second-order valence-electron chi connectivity index (χ2n) is 7.66. The molecule has 2 aromatic carbocycles. The summed E-state index contributed by atoms with van der Waals surface area (Å²) in [5.74, 6) is 0.879. The molecule has 0 atom stereocenters. The van der Waals surface area contributed by atoms with E-state index < -0.39 is 0 Å². The number of hydrogen-bond donors (Lipinski definition) is 0. The van der Waals surface area contributed by atoms with E-state index in [9.17, 15) is 9.59 Å². The minimum atomic E-state index is -0.383. The highest BCUT2D eigenvalue weighted by atomic mass is 32.1. The summed E-state index contributed by atoms with van der Waals surface area (Å²) >= 11 is 1.34. The number of ether oxygens (including phenoxy) is 3. The van der Waals surface area contributed by atoms with Gasteiger partial charge < -0.3 is 14.2 Å². The van der Waals surface area contributed by atoms with Crippen molar-refractivity contribution in [1.29, 1.82) is 0 Å². The van der Waals surface area contributed by atoms with Crippen LogP contribution in [0.2, 0.25) is 0 Å². The molecule has 33 heavy (non-hydrogen) atoms. The maximum atomic E-state index is 12.5. The number of rotatable bonds is 9. The molecule has 0 fully saturated rings. The van der Waals surface area contributed by atoms with E-state index in [1.54, 1.807) is 41.7 Å². The number of esters is 1. The molecule has 0 radical (unpaired) electrons. The fourth-order valence-electron chi connectivity index (χ4n) is 3.53. The summed E-state index contributed by atoms with van der Waals surface area (Å²) in [5.41, 5.74) is 4.57. The van der Waals surface area contributed by atoms with Crippen LogP contribution in [-0.2, 0) is 20.9 Å². The second kappa shape index (κ2) is 11.0. The third-order valence-corrected chi connectivity index (χ3v) is 5.79. The molecule has 8 heteroatoms. The van der Waals surface area contributed by atoms with Crippen molar-refractivity contribution in [2.75, 3.05) is 18.6 Å². The Hall–Kier alpha value is -3.39. The summed E-state index contributed by atoms with van der Waals surface area (Å²) in [4.78, 5) is 30.7. The van der Waals surface area contributed by atoms with Crippen LogP contribution in [0, 0.1) is 20.8 Å². The van der Waals surface area contributed by atoms with Crippen molar-refractivity contribution in [3.05, 3.63) is 64.2 Å². The maximum Gasteiger partial charge on any atom is 0.309 e. The molecule has 0 saturated heterocycles. The van der Waals surface area contributed by atoms with Crippen molar-refractivity contribution >= 4 is 34.0 Å². The van der Waals surface area contributed by atoms with E-state index in [0.29, 0.717) is 16.6 Å². The van der Waals surface area contributed by atoms with Crippen LogP contribution in [0.5, 0.6) is 11.5 Å². The predicted molar refractivity (Wildman–Crippen MR) is 128 cm³/mol. The fraction of sp³-hybridized carbons (Fsp3) is 0.320. The number of benzene rings is 2. The van der Waals surface area contributed by atoms with Crippen molar-refractivity contribution in [3.63, 3.8) is 0 Å². The third-order valence-electron chi connectivity index (χ3n) is 4.92. The molecule has 1 aromatic heterocycles. The molecule has 174 valence electrons. The van der Waals surface area contributed by atoms with Gasteiger partial charge >= 0.3 is 5.97 Å². The van der Waals surface area contributed by atoms with Gasteiger partial charge in [-0.1, -0.05) is 17.7 Å². The average Bonchev–Trinajstić information content (AvgIpc) is 3.23. The molecular formula is C25H28N2O5S. The SMILES string of the molecule is COc1ccc(OCCC(=O)OCc2csc(N(C(C)=O)c3c(C)cc(C)cc3C)n2)cc1. The highest BCUT2D eigenvalue weighted by Gasteiger charge is 2.22. The predicted octanol–water partition coefficient (Wildman–Crippen LogP) is 5.27. The summed E-state index contributed by atoms with van der Waals surface area (Å²) in [6.45, 7) is 7.75. The van der Waals surface area contributed by atoms with Crippen LogP contribution >= 0.6 is 11.3 Å². The fourth-order valence-corrected chi connectivity index (χ4v) is 4.39. The minimum absolute atomic E-state index is 0.0372. The lowest BCUT2D eigenvalue weighted by molar-refractivity contribution is -0.145. The number of carbonyl (C=O) groups excluding carboxylic acids is 2. The summed E-state index contributed by atoms with van der Waals surface area (Å²) in [5, 5.41) is 2.34. The number of methoxy groups -OCH3 is 1. The number of aromatic nitrogens is 1. The molecule has 3 aromatic rings. The molecule has 1 amide bonds. The standard InChI is InChI=1S/C25H28N2O5S/c1-16-12-17(2)24(18(3)13-16)27(19(4)28)25-26-20(15-33-25)14-32-23(29)10-11-31-22-8-6-21(30-5)7-9-22/h6-9,12-13,15H,10-11,14H2,1-5H3. The van der Waals surface area contributed by atoms with Crippen LogP contribution in [0.25, 0.3) is 0 Å². The van der Waals surface area contributed by atoms with E-state index in [2.05, 4.69) is 4.98 Å². The highest BCUT2D eigenvalue weighted by molar-refractivity contribution is 7.14. The molecule has 0 aliphatic carbocycles. The van der Waals surface area contributed by atoms with Gasteiger partial charge in [-0.25, -0.2) is 4.98 Å². The Morgan fingerprint density at radius 2 is 1.67 bits per heavy atom. The summed E-state index contributed by atoms with van der Waals surface area (Å²) in [6, 6.07) is 11.2. The number of amides is 1. The molecule has 0 unspecified atom stereocenters. The van der Waals surface area contributed by atoms with E-state index in [1.165, 1.54) is 18.3 Å². The molecule has 0 spiro atoms. The minimum Gasteiger partial charge on any atom is -0.497 e. The van der Waals surface area contributed by atoms with Gasteiger partial charge in [-0.2, -0.15) is 0 Å². The zero-order valence-corrected chi connectivity index (χ0v) is 20.3. The number of aryl methyl sites for hydroxylation is 3. The van der Waals surface area contributed by atoms with Crippen molar-refractivity contribution in [2.45, 2.75) is 40.7 Å². The van der Waals surface area contributed by atoms with E-state index in [0.717, 1.165) is 28.1 Å². The molecule has 0 N–H and O–H groups in total. The number of hydrogen-bond acceptors (Lipinski definition) is 7. The normalized spacial score (nSPS) is 10.6. The van der Waals surface area contributed by atoms with Gasteiger partial charge in [0.1, 0.15) is 18.1 Å². The molecule has 0 bridgehead atoms. The average molecular weight is 469 g/mol. The van der Waals surface area contributed by atoms with Crippen molar-refractivity contribution in [1.82, 2.24) is 4.98 Å². The topological polar surface area (TPSA) is 78.0 Å². The lowest BCUT2D eigenvalue weighted by Crippen LogP contribution is -2.24. The van der Waals surface area contributed by atoms with Crippen molar-refractivity contribution in [2.24, 2.45) is 0 Å².